The normalized spacial score (nSPS) is 16.3. The topological polar surface area (TPSA) is 36.3 Å². The Balaban J connectivity index is 2.02. The fraction of sp³-hybridized carbons (Fsp3) is 0.500. The lowest BCUT2D eigenvalue weighted by Gasteiger charge is -2.34. The van der Waals surface area contributed by atoms with Gasteiger partial charge in [-0.25, -0.2) is 4.68 Å². The van der Waals surface area contributed by atoms with Crippen molar-refractivity contribution < 1.29 is 0 Å². The summed E-state index contributed by atoms with van der Waals surface area (Å²) in [6, 6.07) is 0. The third-order valence-electron chi connectivity index (χ3n) is 6.25. The van der Waals surface area contributed by atoms with Gasteiger partial charge in [-0.15, -0.1) is 5.70 Å². The van der Waals surface area contributed by atoms with Gasteiger partial charge in [-0.3, -0.25) is 0 Å². The third-order valence-corrected chi connectivity index (χ3v) is 6.25. The molecule has 0 unspecified atom stereocenters. The van der Waals surface area contributed by atoms with Crippen LogP contribution in [0.2, 0.25) is 0 Å². The Labute approximate surface area is 157 Å². The molecular formula is C22H31N4-. The highest BCUT2D eigenvalue weighted by atomic mass is 15.4. The number of aromatic nitrogens is 2. The van der Waals surface area contributed by atoms with Gasteiger partial charge >= 0.3 is 0 Å². The highest BCUT2D eigenvalue weighted by Gasteiger charge is 2.14. The molecule has 0 saturated heterocycles. The minimum atomic E-state index is 0.974. The molecular weight excluding hydrogens is 320 g/mol. The minimum absolute atomic E-state index is 0.974. The molecule has 0 radical (unpaired) electrons. The Morgan fingerprint density at radius 3 is 1.81 bits per heavy atom. The van der Waals surface area contributed by atoms with Gasteiger partial charge in [-0.2, -0.15) is 5.10 Å². The van der Waals surface area contributed by atoms with Crippen molar-refractivity contribution in [3.8, 4) is 0 Å². The maximum absolute atomic E-state index is 5.02. The van der Waals surface area contributed by atoms with Gasteiger partial charge in [0.2, 0.25) is 0 Å². The van der Waals surface area contributed by atoms with Crippen molar-refractivity contribution >= 4 is 5.71 Å². The number of rotatable bonds is 3. The Morgan fingerprint density at radius 1 is 0.769 bits per heavy atom. The summed E-state index contributed by atoms with van der Waals surface area (Å²) in [5.41, 5.74) is 17.3. The molecule has 0 aromatic carbocycles. The van der Waals surface area contributed by atoms with Gasteiger partial charge in [-0.1, -0.05) is 6.08 Å². The van der Waals surface area contributed by atoms with Crippen molar-refractivity contribution in [1.82, 2.24) is 9.35 Å². The summed E-state index contributed by atoms with van der Waals surface area (Å²) in [4.78, 5) is 0. The van der Waals surface area contributed by atoms with E-state index < -0.39 is 0 Å². The van der Waals surface area contributed by atoms with Crippen molar-refractivity contribution in [3.63, 3.8) is 0 Å². The number of nitrogens with zero attached hydrogens (tertiary/aromatic N) is 4. The fourth-order valence-electron chi connectivity index (χ4n) is 3.71. The number of hydrogen-bond acceptors (Lipinski definition) is 1. The average molecular weight is 352 g/mol. The quantitative estimate of drug-likeness (QED) is 0.663. The largest absolute Gasteiger partial charge is 0.589 e. The maximum atomic E-state index is 5.02. The molecule has 26 heavy (non-hydrogen) atoms. The van der Waals surface area contributed by atoms with E-state index in [-0.39, 0.29) is 0 Å². The van der Waals surface area contributed by atoms with Crippen LogP contribution in [0.15, 0.2) is 16.9 Å². The van der Waals surface area contributed by atoms with Crippen LogP contribution in [0.4, 0.5) is 0 Å². The molecule has 0 spiro atoms. The molecule has 0 aliphatic heterocycles. The van der Waals surface area contributed by atoms with Crippen LogP contribution in [0.5, 0.6) is 0 Å². The fourth-order valence-corrected chi connectivity index (χ4v) is 3.71. The zero-order valence-corrected chi connectivity index (χ0v) is 17.5. The van der Waals surface area contributed by atoms with Crippen LogP contribution in [0.3, 0.4) is 0 Å². The summed E-state index contributed by atoms with van der Waals surface area (Å²) in [6.07, 6.45) is 5.41. The second kappa shape index (κ2) is 6.82. The predicted octanol–water partition coefficient (Wildman–Crippen LogP) is 5.87. The molecule has 140 valence electrons. The van der Waals surface area contributed by atoms with Gasteiger partial charge in [0.1, 0.15) is 0 Å². The Hall–Kier alpha value is -2.23. The number of allylic oxidation sites excluding steroid dienone is 2. The molecule has 1 aliphatic rings. The summed E-state index contributed by atoms with van der Waals surface area (Å²) in [7, 11) is 0. The second-order valence-electron chi connectivity index (χ2n) is 7.59. The van der Waals surface area contributed by atoms with Gasteiger partial charge < -0.3 is 10.1 Å². The molecule has 0 amide bonds. The van der Waals surface area contributed by atoms with Crippen molar-refractivity contribution in [2.24, 2.45) is 5.10 Å². The minimum Gasteiger partial charge on any atom is -0.589 e. The summed E-state index contributed by atoms with van der Waals surface area (Å²) in [6.45, 7) is 17.3. The lowest BCUT2D eigenvalue weighted by molar-refractivity contribution is 0.779. The first-order valence-electron chi connectivity index (χ1n) is 9.54. The summed E-state index contributed by atoms with van der Waals surface area (Å²) >= 11 is 0. The average Bonchev–Trinajstić information content (AvgIpc) is 2.93. The van der Waals surface area contributed by atoms with Gasteiger partial charge in [0.25, 0.3) is 0 Å². The summed E-state index contributed by atoms with van der Waals surface area (Å²) in [5, 5.41) is 5.02. The van der Waals surface area contributed by atoms with E-state index in [0.717, 1.165) is 30.7 Å². The molecule has 0 N–H and O–H groups in total. The van der Waals surface area contributed by atoms with Crippen molar-refractivity contribution in [1.29, 1.82) is 0 Å². The Kier molecular flexibility index (Phi) is 4.87. The van der Waals surface area contributed by atoms with Crippen molar-refractivity contribution in [2.75, 3.05) is 0 Å². The second-order valence-corrected chi connectivity index (χ2v) is 7.59. The molecule has 3 rings (SSSR count). The molecule has 2 aromatic heterocycles. The van der Waals surface area contributed by atoms with E-state index in [1.165, 1.54) is 45.0 Å². The molecule has 0 fully saturated rings. The van der Waals surface area contributed by atoms with Gasteiger partial charge in [0.05, 0.1) is 0 Å². The molecule has 2 heterocycles. The van der Waals surface area contributed by atoms with Crippen LogP contribution in [0, 0.1) is 55.4 Å². The van der Waals surface area contributed by atoms with E-state index in [9.17, 15) is 0 Å². The van der Waals surface area contributed by atoms with E-state index in [4.69, 9.17) is 10.5 Å². The molecule has 0 atom stereocenters. The van der Waals surface area contributed by atoms with Gasteiger partial charge in [0, 0.05) is 28.5 Å². The van der Waals surface area contributed by atoms with E-state index in [2.05, 4.69) is 70.8 Å². The molecule has 0 saturated carbocycles. The smallest absolute Gasteiger partial charge is 0.0474 e. The maximum Gasteiger partial charge on any atom is 0.0474 e. The standard InChI is InChI=1S/C22H31N4/c1-13-14(2)18(6)25(17(13)5)23-21-11-9-10-12-22(21)24-26-19(7)15(3)16(4)20(26)8/h11H,9-10,12H2,1-8H3/q-1/b24-22+. The molecule has 4 heteroatoms. The lowest BCUT2D eigenvalue weighted by atomic mass is 10.0. The Bertz CT molecular complexity index is 868. The molecule has 1 aliphatic carbocycles. The van der Waals surface area contributed by atoms with E-state index >= 15 is 0 Å². The SMILES string of the molecule is Cc1c(C)c(C)n(/N=C2\CCCC=C2[N-]n2c(C)c(C)c(C)c2C)c1C. The van der Waals surface area contributed by atoms with Crippen molar-refractivity contribution in [2.45, 2.75) is 74.7 Å². The van der Waals surface area contributed by atoms with Crippen LogP contribution in [0.25, 0.3) is 5.43 Å². The summed E-state index contributed by atoms with van der Waals surface area (Å²) in [5.74, 6) is 0. The monoisotopic (exact) mass is 351 g/mol. The zero-order chi connectivity index (χ0) is 19.2. The van der Waals surface area contributed by atoms with Crippen LogP contribution in [-0.4, -0.2) is 15.1 Å². The van der Waals surface area contributed by atoms with Crippen LogP contribution < -0.4 is 0 Å². The first-order valence-corrected chi connectivity index (χ1v) is 9.54. The van der Waals surface area contributed by atoms with E-state index in [1.807, 2.05) is 0 Å². The van der Waals surface area contributed by atoms with Crippen LogP contribution >= 0.6 is 0 Å². The predicted molar refractivity (Wildman–Crippen MR) is 110 cm³/mol. The van der Waals surface area contributed by atoms with Crippen molar-refractivity contribution in [3.05, 3.63) is 62.2 Å². The molecule has 4 nitrogen and oxygen atoms in total. The highest BCUT2D eigenvalue weighted by Crippen LogP contribution is 2.28. The van der Waals surface area contributed by atoms with E-state index in [0.29, 0.717) is 0 Å². The third kappa shape index (κ3) is 2.91. The molecule has 2 aromatic rings. The number of hydrogen-bond donors (Lipinski definition) is 0. The van der Waals surface area contributed by atoms with E-state index in [1.54, 1.807) is 0 Å². The van der Waals surface area contributed by atoms with Gasteiger partial charge in [-0.05, 0) is 96.9 Å². The van der Waals surface area contributed by atoms with Crippen LogP contribution in [-0.2, 0) is 0 Å². The van der Waals surface area contributed by atoms with Gasteiger partial charge in [0.15, 0.2) is 0 Å². The summed E-state index contributed by atoms with van der Waals surface area (Å²) < 4.78 is 4.18. The molecule has 0 bridgehead atoms. The first-order chi connectivity index (χ1) is 12.2. The van der Waals surface area contributed by atoms with Crippen LogP contribution in [0.1, 0.15) is 64.3 Å². The lowest BCUT2D eigenvalue weighted by Crippen LogP contribution is -2.13. The Morgan fingerprint density at radius 2 is 1.27 bits per heavy atom. The first kappa shape index (κ1) is 18.6. The zero-order valence-electron chi connectivity index (χ0n) is 17.5. The highest BCUT2D eigenvalue weighted by molar-refractivity contribution is 6.02.